The molecule has 1 heterocycles. The Morgan fingerprint density at radius 1 is 1.07 bits per heavy atom. The molecule has 11 atom stereocenters. The van der Waals surface area contributed by atoms with Crippen LogP contribution in [0.2, 0.25) is 0 Å². The van der Waals surface area contributed by atoms with Crippen molar-refractivity contribution in [2.45, 2.75) is 73.6 Å². The van der Waals surface area contributed by atoms with E-state index >= 15 is 0 Å². The van der Waals surface area contributed by atoms with Gasteiger partial charge < -0.3 is 62.6 Å². The molecule has 2 aliphatic rings. The zero-order valence-corrected chi connectivity index (χ0v) is 15.1. The van der Waals surface area contributed by atoms with Gasteiger partial charge in [0, 0.05) is 19.1 Å². The van der Waals surface area contributed by atoms with E-state index in [2.05, 4.69) is 5.32 Å². The Morgan fingerprint density at radius 2 is 1.71 bits per heavy atom. The molecule has 0 radical (unpaired) electrons. The summed E-state index contributed by atoms with van der Waals surface area (Å²) in [6.45, 7) is -0.479. The lowest BCUT2D eigenvalue weighted by atomic mass is 9.84. The van der Waals surface area contributed by atoms with Gasteiger partial charge in [-0.3, -0.25) is 4.79 Å². The molecular weight excluding hydrogens is 380 g/mol. The van der Waals surface area contributed by atoms with Gasteiger partial charge in [-0.2, -0.15) is 0 Å². The number of rotatable bonds is 6. The Kier molecular flexibility index (Phi) is 8.06. The quantitative estimate of drug-likeness (QED) is 0.196. The van der Waals surface area contributed by atoms with Crippen LogP contribution in [0, 0.1) is 0 Å². The molecule has 164 valence electrons. The summed E-state index contributed by atoms with van der Waals surface area (Å²) in [6.07, 6.45) is -13.0. The number of aliphatic hydroxyl groups excluding tert-OH is 6. The summed E-state index contributed by atoms with van der Waals surface area (Å²) in [4.78, 5) is 11.8. The number of nitrogens with one attached hydrogen (secondary N) is 1. The van der Waals surface area contributed by atoms with Crippen LogP contribution in [-0.2, 0) is 14.3 Å². The van der Waals surface area contributed by atoms with Crippen LogP contribution in [0.25, 0.3) is 0 Å². The van der Waals surface area contributed by atoms with Crippen molar-refractivity contribution in [2.75, 3.05) is 13.1 Å². The largest absolute Gasteiger partial charge is 0.388 e. The standard InChI is InChI=1S/C15H30N4O9/c16-2-6(20)14(26)19-5-1-4(18)13(11(24)8(5)21)28-15-12(25)10(23)9(22)7(3-17)27-15/h4-13,15,20-25H,1-3,16-18H2,(H,19,26)/t4-,5+,6+,7+,8-,9+,10-,11+,12+,13+,15+/m0/s1. The predicted octanol–water partition coefficient (Wildman–Crippen LogP) is -6.60. The SMILES string of the molecule is NC[C@@H](O)C(=O)N[C@@H]1C[C@H](N)[C@@H](O[C@H]2O[C@H](CN)[C@@H](O)[C@H](O)[C@H]2O)[C@H](O)[C@H]1O. The Bertz CT molecular complexity index is 528. The lowest BCUT2D eigenvalue weighted by molar-refractivity contribution is -0.318. The molecule has 0 aromatic rings. The highest BCUT2D eigenvalue weighted by atomic mass is 16.7. The zero-order valence-electron chi connectivity index (χ0n) is 15.1. The minimum absolute atomic E-state index is 0.0275. The molecule has 28 heavy (non-hydrogen) atoms. The van der Waals surface area contributed by atoms with Crippen molar-refractivity contribution < 1.29 is 44.9 Å². The zero-order chi connectivity index (χ0) is 21.2. The number of nitrogens with two attached hydrogens (primary N) is 3. The number of carbonyl (C=O) groups is 1. The summed E-state index contributed by atoms with van der Waals surface area (Å²) in [5, 5.41) is 62.2. The van der Waals surface area contributed by atoms with Gasteiger partial charge in [-0.1, -0.05) is 0 Å². The van der Waals surface area contributed by atoms with Gasteiger partial charge in [0.25, 0.3) is 0 Å². The van der Waals surface area contributed by atoms with E-state index in [-0.39, 0.29) is 19.5 Å². The first-order valence-corrected chi connectivity index (χ1v) is 8.97. The molecule has 1 aliphatic carbocycles. The molecule has 1 saturated carbocycles. The average molecular weight is 410 g/mol. The average Bonchev–Trinajstić information content (AvgIpc) is 2.68. The number of hydrogen-bond donors (Lipinski definition) is 10. The van der Waals surface area contributed by atoms with Gasteiger partial charge in [0.1, 0.15) is 48.8 Å². The Labute approximate surface area is 161 Å². The molecule has 0 bridgehead atoms. The molecule has 2 fully saturated rings. The molecule has 0 aromatic carbocycles. The predicted molar refractivity (Wildman–Crippen MR) is 92.2 cm³/mol. The Morgan fingerprint density at radius 3 is 2.29 bits per heavy atom. The summed E-state index contributed by atoms with van der Waals surface area (Å²) in [5.74, 6) is -0.820. The lowest BCUT2D eigenvalue weighted by Crippen LogP contribution is -2.67. The minimum Gasteiger partial charge on any atom is -0.388 e. The van der Waals surface area contributed by atoms with Crippen molar-refractivity contribution in [3.05, 3.63) is 0 Å². The number of aliphatic hydroxyl groups is 6. The third-order valence-corrected chi connectivity index (χ3v) is 5.09. The maximum atomic E-state index is 11.8. The van der Waals surface area contributed by atoms with E-state index in [1.807, 2.05) is 0 Å². The second-order valence-electron chi connectivity index (χ2n) is 7.10. The monoisotopic (exact) mass is 410 g/mol. The minimum atomic E-state index is -1.65. The highest BCUT2D eigenvalue weighted by molar-refractivity contribution is 5.81. The van der Waals surface area contributed by atoms with Gasteiger partial charge in [0.15, 0.2) is 6.29 Å². The van der Waals surface area contributed by atoms with Crippen molar-refractivity contribution in [2.24, 2.45) is 17.2 Å². The van der Waals surface area contributed by atoms with Gasteiger partial charge in [-0.15, -0.1) is 0 Å². The smallest absolute Gasteiger partial charge is 0.250 e. The number of amides is 1. The molecule has 1 saturated heterocycles. The normalized spacial score (nSPS) is 45.5. The van der Waals surface area contributed by atoms with E-state index in [1.165, 1.54) is 0 Å². The van der Waals surface area contributed by atoms with E-state index in [0.717, 1.165) is 0 Å². The fourth-order valence-corrected chi connectivity index (χ4v) is 3.34. The van der Waals surface area contributed by atoms with Crippen LogP contribution < -0.4 is 22.5 Å². The van der Waals surface area contributed by atoms with Gasteiger partial charge in [-0.05, 0) is 6.42 Å². The van der Waals surface area contributed by atoms with E-state index in [4.69, 9.17) is 26.7 Å². The maximum Gasteiger partial charge on any atom is 0.250 e. The first kappa shape index (κ1) is 23.3. The molecule has 1 aliphatic heterocycles. The van der Waals surface area contributed by atoms with Gasteiger partial charge in [0.05, 0.1) is 6.04 Å². The van der Waals surface area contributed by atoms with Crippen molar-refractivity contribution in [1.29, 1.82) is 0 Å². The van der Waals surface area contributed by atoms with Crippen LogP contribution in [0.4, 0.5) is 0 Å². The van der Waals surface area contributed by atoms with E-state index in [1.54, 1.807) is 0 Å². The summed E-state index contributed by atoms with van der Waals surface area (Å²) >= 11 is 0. The Hall–Kier alpha value is -0.970. The molecule has 2 rings (SSSR count). The summed E-state index contributed by atoms with van der Waals surface area (Å²) in [6, 6.07) is -1.88. The van der Waals surface area contributed by atoms with Crippen LogP contribution in [0.5, 0.6) is 0 Å². The van der Waals surface area contributed by atoms with Crippen molar-refractivity contribution in [3.8, 4) is 0 Å². The van der Waals surface area contributed by atoms with E-state index < -0.39 is 73.1 Å². The second kappa shape index (κ2) is 9.69. The molecule has 0 unspecified atom stereocenters. The second-order valence-corrected chi connectivity index (χ2v) is 7.10. The number of hydrogen-bond acceptors (Lipinski definition) is 12. The number of carbonyl (C=O) groups excluding carboxylic acids is 1. The first-order chi connectivity index (χ1) is 13.1. The Balaban J connectivity index is 2.04. The molecular formula is C15H30N4O9. The highest BCUT2D eigenvalue weighted by Crippen LogP contribution is 2.28. The van der Waals surface area contributed by atoms with E-state index in [9.17, 15) is 35.4 Å². The molecule has 13 N–H and O–H groups in total. The van der Waals surface area contributed by atoms with Gasteiger partial charge in [0.2, 0.25) is 5.91 Å². The third kappa shape index (κ3) is 4.77. The molecule has 13 heteroatoms. The van der Waals surface area contributed by atoms with Crippen LogP contribution in [0.15, 0.2) is 0 Å². The van der Waals surface area contributed by atoms with Gasteiger partial charge >= 0.3 is 0 Å². The maximum absolute atomic E-state index is 11.8. The summed E-state index contributed by atoms with van der Waals surface area (Å²) < 4.78 is 10.8. The van der Waals surface area contributed by atoms with Crippen molar-refractivity contribution in [3.63, 3.8) is 0 Å². The van der Waals surface area contributed by atoms with Gasteiger partial charge in [-0.25, -0.2) is 0 Å². The van der Waals surface area contributed by atoms with Crippen LogP contribution in [0.1, 0.15) is 6.42 Å². The van der Waals surface area contributed by atoms with E-state index in [0.29, 0.717) is 0 Å². The summed E-state index contributed by atoms with van der Waals surface area (Å²) in [5.41, 5.74) is 16.6. The fraction of sp³-hybridized carbons (Fsp3) is 0.933. The first-order valence-electron chi connectivity index (χ1n) is 8.97. The molecule has 13 nitrogen and oxygen atoms in total. The lowest BCUT2D eigenvalue weighted by Gasteiger charge is -2.46. The van der Waals surface area contributed by atoms with Crippen LogP contribution in [-0.4, -0.2) is 117 Å². The van der Waals surface area contributed by atoms with Crippen LogP contribution >= 0.6 is 0 Å². The van der Waals surface area contributed by atoms with Crippen LogP contribution in [0.3, 0.4) is 0 Å². The van der Waals surface area contributed by atoms with Crippen molar-refractivity contribution >= 4 is 5.91 Å². The molecule has 1 amide bonds. The number of ether oxygens (including phenoxy) is 2. The third-order valence-electron chi connectivity index (χ3n) is 5.09. The van der Waals surface area contributed by atoms with Crippen molar-refractivity contribution in [1.82, 2.24) is 5.32 Å². The summed E-state index contributed by atoms with van der Waals surface area (Å²) in [7, 11) is 0. The molecule has 0 aromatic heterocycles. The topological polar surface area (TPSA) is 247 Å². The molecule has 0 spiro atoms. The highest BCUT2D eigenvalue weighted by Gasteiger charge is 2.49. The fourth-order valence-electron chi connectivity index (χ4n) is 3.34.